The Balaban J connectivity index is 1.59. The molecule has 0 unspecified atom stereocenters. The van der Waals surface area contributed by atoms with Crippen LogP contribution in [0.1, 0.15) is 37.5 Å². The Labute approximate surface area is 129 Å². The smallest absolute Gasteiger partial charge is 0.415 e. The van der Waals surface area contributed by atoms with Gasteiger partial charge in [-0.05, 0) is 44.0 Å². The first-order chi connectivity index (χ1) is 10.1. The van der Waals surface area contributed by atoms with Crippen molar-refractivity contribution in [2.45, 2.75) is 38.2 Å². The van der Waals surface area contributed by atoms with E-state index in [0.717, 1.165) is 18.1 Å². The number of fused-ring (bicyclic) bond motifs is 2. The van der Waals surface area contributed by atoms with Crippen molar-refractivity contribution in [2.75, 3.05) is 31.1 Å². The number of ether oxygens (including phenoxy) is 1. The minimum atomic E-state index is -0.254. The van der Waals surface area contributed by atoms with Crippen LogP contribution in [-0.4, -0.2) is 42.8 Å². The van der Waals surface area contributed by atoms with Crippen LogP contribution < -0.4 is 4.90 Å². The van der Waals surface area contributed by atoms with Crippen molar-refractivity contribution in [1.82, 2.24) is 4.90 Å². The first-order valence-electron chi connectivity index (χ1n) is 7.90. The summed E-state index contributed by atoms with van der Waals surface area (Å²) in [5.41, 5.74) is -0.254. The highest BCUT2D eigenvalue weighted by atomic mass is 32.1. The molecule has 4 aliphatic heterocycles. The molecule has 1 spiro atoms. The molecule has 0 saturated carbocycles. The molecule has 1 amide bonds. The standard InChI is InChI=1S/C16H22N2O2S/c1-11(2)13-3-4-14(21-13)18-10-16(20-15(18)19)9-17-7-5-12(16)6-8-17/h3-4,11-12H,5-10H2,1-2H3/t16-/m1/s1. The summed E-state index contributed by atoms with van der Waals surface area (Å²) < 4.78 is 5.91. The molecule has 0 aliphatic carbocycles. The monoisotopic (exact) mass is 306 g/mol. The van der Waals surface area contributed by atoms with Crippen molar-refractivity contribution in [3.05, 3.63) is 17.0 Å². The van der Waals surface area contributed by atoms with Gasteiger partial charge in [0, 0.05) is 17.3 Å². The van der Waals surface area contributed by atoms with Gasteiger partial charge in [-0.3, -0.25) is 9.80 Å². The predicted molar refractivity (Wildman–Crippen MR) is 84.1 cm³/mol. The number of rotatable bonds is 2. The number of carbonyl (C=O) groups is 1. The van der Waals surface area contributed by atoms with Gasteiger partial charge in [-0.25, -0.2) is 4.79 Å². The zero-order valence-electron chi connectivity index (χ0n) is 12.7. The maximum Gasteiger partial charge on any atom is 0.415 e. The zero-order valence-corrected chi connectivity index (χ0v) is 13.5. The fraction of sp³-hybridized carbons (Fsp3) is 0.688. The van der Waals surface area contributed by atoms with Gasteiger partial charge in [0.05, 0.1) is 6.54 Å². The third kappa shape index (κ3) is 2.09. The Kier molecular flexibility index (Phi) is 3.05. The van der Waals surface area contributed by atoms with E-state index in [-0.39, 0.29) is 11.7 Å². The lowest BCUT2D eigenvalue weighted by Gasteiger charge is -2.49. The molecule has 0 aromatic carbocycles. The Morgan fingerprint density at radius 2 is 2.05 bits per heavy atom. The van der Waals surface area contributed by atoms with Gasteiger partial charge in [-0.15, -0.1) is 11.3 Å². The lowest BCUT2D eigenvalue weighted by atomic mass is 9.75. The molecule has 4 saturated heterocycles. The topological polar surface area (TPSA) is 32.8 Å². The number of piperidine rings is 3. The highest BCUT2D eigenvalue weighted by Gasteiger charge is 2.55. The number of nitrogens with zero attached hydrogens (tertiary/aromatic N) is 2. The fourth-order valence-electron chi connectivity index (χ4n) is 3.98. The molecule has 2 bridgehead atoms. The van der Waals surface area contributed by atoms with E-state index in [4.69, 9.17) is 4.74 Å². The first-order valence-corrected chi connectivity index (χ1v) is 8.72. The average Bonchev–Trinajstić information content (AvgIpc) is 3.05. The van der Waals surface area contributed by atoms with Crippen LogP contribution in [0.25, 0.3) is 0 Å². The molecule has 5 heterocycles. The molecule has 4 nitrogen and oxygen atoms in total. The lowest BCUT2D eigenvalue weighted by molar-refractivity contribution is -0.0881. The van der Waals surface area contributed by atoms with Crippen molar-refractivity contribution in [3.8, 4) is 0 Å². The van der Waals surface area contributed by atoms with Crippen molar-refractivity contribution in [1.29, 1.82) is 0 Å². The maximum atomic E-state index is 12.4. The minimum Gasteiger partial charge on any atom is -0.439 e. The van der Waals surface area contributed by atoms with Gasteiger partial charge in [-0.2, -0.15) is 0 Å². The number of anilines is 1. The maximum absolute atomic E-state index is 12.4. The number of carbonyl (C=O) groups excluding carboxylic acids is 1. The van der Waals surface area contributed by atoms with E-state index in [1.54, 1.807) is 11.3 Å². The molecular weight excluding hydrogens is 284 g/mol. The summed E-state index contributed by atoms with van der Waals surface area (Å²) in [6.45, 7) is 8.36. The first kappa shape index (κ1) is 13.6. The molecule has 21 heavy (non-hydrogen) atoms. The van der Waals surface area contributed by atoms with Crippen molar-refractivity contribution in [3.63, 3.8) is 0 Å². The Bertz CT molecular complexity index is 562. The Hall–Kier alpha value is -1.07. The molecule has 4 fully saturated rings. The molecule has 4 aliphatic rings. The fourth-order valence-corrected chi connectivity index (χ4v) is 4.98. The van der Waals surface area contributed by atoms with Gasteiger partial charge in [-0.1, -0.05) is 13.8 Å². The van der Waals surface area contributed by atoms with Gasteiger partial charge in [0.1, 0.15) is 10.6 Å². The second-order valence-corrected chi connectivity index (χ2v) is 7.99. The van der Waals surface area contributed by atoms with E-state index < -0.39 is 0 Å². The summed E-state index contributed by atoms with van der Waals surface area (Å²) in [6.07, 6.45) is 2.19. The van der Waals surface area contributed by atoms with Gasteiger partial charge in [0.15, 0.2) is 0 Å². The van der Waals surface area contributed by atoms with E-state index >= 15 is 0 Å². The molecule has 5 heteroatoms. The number of amides is 1. The quantitative estimate of drug-likeness (QED) is 0.840. The largest absolute Gasteiger partial charge is 0.439 e. The Morgan fingerprint density at radius 1 is 1.29 bits per heavy atom. The van der Waals surface area contributed by atoms with Crippen LogP contribution in [0.4, 0.5) is 9.80 Å². The van der Waals surface area contributed by atoms with E-state index in [1.807, 2.05) is 4.90 Å². The van der Waals surface area contributed by atoms with Crippen molar-refractivity contribution < 1.29 is 9.53 Å². The number of hydrogen-bond donors (Lipinski definition) is 0. The molecule has 114 valence electrons. The Morgan fingerprint density at radius 3 is 2.62 bits per heavy atom. The zero-order chi connectivity index (χ0) is 14.6. The van der Waals surface area contributed by atoms with Crippen LogP contribution in [0.5, 0.6) is 0 Å². The summed E-state index contributed by atoms with van der Waals surface area (Å²) in [6, 6.07) is 4.21. The van der Waals surface area contributed by atoms with Crippen LogP contribution in [0, 0.1) is 5.92 Å². The van der Waals surface area contributed by atoms with E-state index in [9.17, 15) is 4.79 Å². The highest BCUT2D eigenvalue weighted by Crippen LogP contribution is 2.44. The van der Waals surface area contributed by atoms with Crippen LogP contribution in [0.15, 0.2) is 12.1 Å². The van der Waals surface area contributed by atoms with Crippen LogP contribution in [-0.2, 0) is 4.74 Å². The third-order valence-corrected chi connectivity index (χ3v) is 6.62. The van der Waals surface area contributed by atoms with E-state index in [0.29, 0.717) is 11.8 Å². The summed E-state index contributed by atoms with van der Waals surface area (Å²) in [5.74, 6) is 1.05. The molecule has 0 radical (unpaired) electrons. The second-order valence-electron chi connectivity index (χ2n) is 6.90. The highest BCUT2D eigenvalue weighted by molar-refractivity contribution is 7.16. The summed E-state index contributed by atoms with van der Waals surface area (Å²) in [5, 5.41) is 1.04. The molecule has 1 aromatic heterocycles. The van der Waals surface area contributed by atoms with Gasteiger partial charge in [0.2, 0.25) is 0 Å². The second kappa shape index (κ2) is 4.71. The third-order valence-electron chi connectivity index (χ3n) is 5.21. The molecule has 5 rings (SSSR count). The summed E-state index contributed by atoms with van der Waals surface area (Å²) >= 11 is 1.72. The summed E-state index contributed by atoms with van der Waals surface area (Å²) in [4.78, 5) is 18.0. The number of hydrogen-bond acceptors (Lipinski definition) is 4. The van der Waals surface area contributed by atoms with Gasteiger partial charge < -0.3 is 4.74 Å². The van der Waals surface area contributed by atoms with E-state index in [1.165, 1.54) is 30.8 Å². The van der Waals surface area contributed by atoms with Gasteiger partial charge in [0.25, 0.3) is 0 Å². The summed E-state index contributed by atoms with van der Waals surface area (Å²) in [7, 11) is 0. The molecular formula is C16H22N2O2S. The number of thiophene rings is 1. The average molecular weight is 306 g/mol. The van der Waals surface area contributed by atoms with Gasteiger partial charge >= 0.3 is 6.09 Å². The SMILES string of the molecule is CC(C)c1ccc(N2C[C@@]3(CN4CCC3CC4)OC2=O)s1. The molecule has 1 aromatic rings. The van der Waals surface area contributed by atoms with Crippen LogP contribution in [0.3, 0.4) is 0 Å². The minimum absolute atomic E-state index is 0.152. The van der Waals surface area contributed by atoms with Crippen molar-refractivity contribution >= 4 is 22.4 Å². The molecule has 1 atom stereocenters. The van der Waals surface area contributed by atoms with Crippen LogP contribution in [0.2, 0.25) is 0 Å². The lowest BCUT2D eigenvalue weighted by Crippen LogP contribution is -2.61. The van der Waals surface area contributed by atoms with Crippen LogP contribution >= 0.6 is 11.3 Å². The predicted octanol–water partition coefficient (Wildman–Crippen LogP) is 3.29. The normalized spacial score (nSPS) is 35.0. The van der Waals surface area contributed by atoms with Crippen molar-refractivity contribution in [2.24, 2.45) is 5.92 Å². The van der Waals surface area contributed by atoms with E-state index in [2.05, 4.69) is 30.9 Å². The molecule has 0 N–H and O–H groups in total.